The molecule has 0 aliphatic carbocycles. The Hall–Kier alpha value is -1.52. The summed E-state index contributed by atoms with van der Waals surface area (Å²) in [5.41, 5.74) is 9.43. The highest BCUT2D eigenvalue weighted by atomic mass is 35.5. The summed E-state index contributed by atoms with van der Waals surface area (Å²) in [5, 5.41) is 4.94. The molecule has 0 spiro atoms. The summed E-state index contributed by atoms with van der Waals surface area (Å²) in [4.78, 5) is 2.18. The highest BCUT2D eigenvalue weighted by molar-refractivity contribution is 6.30. The van der Waals surface area contributed by atoms with Crippen LogP contribution < -0.4 is 10.6 Å². The summed E-state index contributed by atoms with van der Waals surface area (Å²) < 4.78 is 1.81. The lowest BCUT2D eigenvalue weighted by molar-refractivity contribution is 0.734. The van der Waals surface area contributed by atoms with Gasteiger partial charge < -0.3 is 10.6 Å². The average Bonchev–Trinajstić information content (AvgIpc) is 2.76. The summed E-state index contributed by atoms with van der Waals surface area (Å²) >= 11 is 6.13. The van der Waals surface area contributed by atoms with Crippen molar-refractivity contribution in [3.05, 3.63) is 46.7 Å². The molecular weight excluding hydrogens is 272 g/mol. The smallest absolute Gasteiger partial charge is 0.0539 e. The van der Waals surface area contributed by atoms with Crippen LogP contribution in [0.1, 0.15) is 18.1 Å². The second-order valence-corrected chi connectivity index (χ2v) is 5.77. The Morgan fingerprint density at radius 2 is 2.20 bits per heavy atom. The van der Waals surface area contributed by atoms with Gasteiger partial charge in [0.2, 0.25) is 0 Å². The van der Waals surface area contributed by atoms with Crippen LogP contribution in [0.3, 0.4) is 0 Å². The van der Waals surface area contributed by atoms with Crippen molar-refractivity contribution in [2.24, 2.45) is 12.8 Å². The molecule has 0 amide bonds. The number of nitrogens with two attached hydrogens (primary N) is 1. The van der Waals surface area contributed by atoms with Gasteiger partial charge in [-0.25, -0.2) is 0 Å². The monoisotopic (exact) mass is 292 g/mol. The Balaban J connectivity index is 2.23. The van der Waals surface area contributed by atoms with Crippen molar-refractivity contribution in [2.75, 3.05) is 11.9 Å². The molecule has 0 radical (unpaired) electrons. The van der Waals surface area contributed by atoms with E-state index in [1.165, 1.54) is 11.1 Å². The first-order chi connectivity index (χ1) is 9.45. The van der Waals surface area contributed by atoms with Crippen molar-refractivity contribution in [3.8, 4) is 0 Å². The molecule has 2 N–H and O–H groups in total. The van der Waals surface area contributed by atoms with Crippen molar-refractivity contribution in [3.63, 3.8) is 0 Å². The molecule has 108 valence electrons. The molecule has 4 nitrogen and oxygen atoms in total. The minimum absolute atomic E-state index is 0.127. The minimum Gasteiger partial charge on any atom is -0.370 e. The van der Waals surface area contributed by atoms with E-state index in [1.807, 2.05) is 43.2 Å². The van der Waals surface area contributed by atoms with Crippen LogP contribution in [0.4, 0.5) is 5.69 Å². The van der Waals surface area contributed by atoms with Crippen LogP contribution in [0.25, 0.3) is 0 Å². The number of halogens is 1. The molecule has 1 unspecified atom stereocenters. The molecule has 2 rings (SSSR count). The zero-order valence-corrected chi connectivity index (χ0v) is 12.9. The van der Waals surface area contributed by atoms with Crippen molar-refractivity contribution < 1.29 is 0 Å². The third-order valence-corrected chi connectivity index (χ3v) is 3.41. The Labute approximate surface area is 125 Å². The van der Waals surface area contributed by atoms with Crippen LogP contribution in [0.5, 0.6) is 0 Å². The third kappa shape index (κ3) is 3.74. The maximum absolute atomic E-state index is 6.13. The SMILES string of the molecule is CC(N)Cc1ccc(Cl)cc1N(C)Cc1cnn(C)c1. The van der Waals surface area contributed by atoms with E-state index in [2.05, 4.69) is 23.1 Å². The summed E-state index contributed by atoms with van der Waals surface area (Å²) in [7, 11) is 3.98. The molecule has 20 heavy (non-hydrogen) atoms. The molecule has 0 bridgehead atoms. The number of rotatable bonds is 5. The largest absolute Gasteiger partial charge is 0.370 e. The number of benzene rings is 1. The number of aryl methyl sites for hydroxylation is 1. The number of anilines is 1. The first kappa shape index (κ1) is 14.9. The van der Waals surface area contributed by atoms with Crippen LogP contribution in [-0.2, 0) is 20.0 Å². The number of aromatic nitrogens is 2. The highest BCUT2D eigenvalue weighted by Gasteiger charge is 2.11. The minimum atomic E-state index is 0.127. The second-order valence-electron chi connectivity index (χ2n) is 5.33. The van der Waals surface area contributed by atoms with E-state index in [0.29, 0.717) is 0 Å². The van der Waals surface area contributed by atoms with E-state index in [1.54, 1.807) is 0 Å². The summed E-state index contributed by atoms with van der Waals surface area (Å²) in [6.45, 7) is 2.81. The first-order valence-corrected chi connectivity index (χ1v) is 7.06. The number of hydrogen-bond acceptors (Lipinski definition) is 3. The molecular formula is C15H21ClN4. The van der Waals surface area contributed by atoms with E-state index in [9.17, 15) is 0 Å². The van der Waals surface area contributed by atoms with Gasteiger partial charge in [-0.05, 0) is 31.0 Å². The Morgan fingerprint density at radius 3 is 2.80 bits per heavy atom. The van der Waals surface area contributed by atoms with Crippen LogP contribution in [-0.4, -0.2) is 22.9 Å². The van der Waals surface area contributed by atoms with E-state index < -0.39 is 0 Å². The lowest BCUT2D eigenvalue weighted by Crippen LogP contribution is -2.22. The van der Waals surface area contributed by atoms with Gasteiger partial charge in [0.05, 0.1) is 6.20 Å². The zero-order chi connectivity index (χ0) is 14.7. The standard InChI is InChI=1S/C15H21ClN4/c1-11(17)6-13-4-5-14(16)7-15(13)19(2)9-12-8-18-20(3)10-12/h4-5,7-8,10-11H,6,9,17H2,1-3H3. The normalized spacial score (nSPS) is 12.4. The number of nitrogens with zero attached hydrogens (tertiary/aromatic N) is 3. The maximum atomic E-state index is 6.13. The lowest BCUT2D eigenvalue weighted by atomic mass is 10.0. The fourth-order valence-electron chi connectivity index (χ4n) is 2.32. The number of hydrogen-bond donors (Lipinski definition) is 1. The molecule has 5 heteroatoms. The van der Waals surface area contributed by atoms with Gasteiger partial charge in [0.15, 0.2) is 0 Å². The fourth-order valence-corrected chi connectivity index (χ4v) is 2.49. The molecule has 0 saturated carbocycles. The van der Waals surface area contributed by atoms with Gasteiger partial charge in [-0.1, -0.05) is 17.7 Å². The predicted molar refractivity (Wildman–Crippen MR) is 84.1 cm³/mol. The summed E-state index contributed by atoms with van der Waals surface area (Å²) in [6.07, 6.45) is 4.74. The molecule has 0 fully saturated rings. The van der Waals surface area contributed by atoms with Crippen LogP contribution >= 0.6 is 11.6 Å². The second kappa shape index (κ2) is 6.29. The third-order valence-electron chi connectivity index (χ3n) is 3.18. The Kier molecular flexibility index (Phi) is 4.68. The van der Waals surface area contributed by atoms with E-state index in [4.69, 9.17) is 17.3 Å². The molecule has 1 aromatic carbocycles. The predicted octanol–water partition coefficient (Wildman–Crippen LogP) is 2.60. The van der Waals surface area contributed by atoms with Gasteiger partial charge in [-0.15, -0.1) is 0 Å². The van der Waals surface area contributed by atoms with Gasteiger partial charge in [-0.3, -0.25) is 4.68 Å². The average molecular weight is 293 g/mol. The van der Waals surface area contributed by atoms with Crippen LogP contribution in [0.15, 0.2) is 30.6 Å². The quantitative estimate of drug-likeness (QED) is 0.921. The van der Waals surface area contributed by atoms with Gasteiger partial charge in [0.1, 0.15) is 0 Å². The first-order valence-electron chi connectivity index (χ1n) is 6.68. The van der Waals surface area contributed by atoms with Crippen molar-refractivity contribution in [1.82, 2.24) is 9.78 Å². The van der Waals surface area contributed by atoms with Gasteiger partial charge in [0, 0.05) is 49.2 Å². The van der Waals surface area contributed by atoms with Crippen molar-refractivity contribution in [2.45, 2.75) is 25.9 Å². The maximum Gasteiger partial charge on any atom is 0.0539 e. The van der Waals surface area contributed by atoms with E-state index in [-0.39, 0.29) is 6.04 Å². The molecule has 1 atom stereocenters. The topological polar surface area (TPSA) is 47.1 Å². The Bertz CT molecular complexity index is 577. The molecule has 1 aromatic heterocycles. The molecule has 2 aromatic rings. The summed E-state index contributed by atoms with van der Waals surface area (Å²) in [6, 6.07) is 6.10. The molecule has 0 aliphatic heterocycles. The van der Waals surface area contributed by atoms with Crippen molar-refractivity contribution >= 4 is 17.3 Å². The van der Waals surface area contributed by atoms with E-state index >= 15 is 0 Å². The molecule has 1 heterocycles. The van der Waals surface area contributed by atoms with Gasteiger partial charge in [0.25, 0.3) is 0 Å². The lowest BCUT2D eigenvalue weighted by Gasteiger charge is -2.23. The van der Waals surface area contributed by atoms with Crippen LogP contribution in [0.2, 0.25) is 5.02 Å². The van der Waals surface area contributed by atoms with Crippen molar-refractivity contribution in [1.29, 1.82) is 0 Å². The molecule has 0 aliphatic rings. The fraction of sp³-hybridized carbons (Fsp3) is 0.400. The van der Waals surface area contributed by atoms with Gasteiger partial charge >= 0.3 is 0 Å². The summed E-state index contributed by atoms with van der Waals surface area (Å²) in [5.74, 6) is 0. The highest BCUT2D eigenvalue weighted by Crippen LogP contribution is 2.26. The zero-order valence-electron chi connectivity index (χ0n) is 12.2. The Morgan fingerprint density at radius 1 is 1.45 bits per heavy atom. The van der Waals surface area contributed by atoms with Crippen LogP contribution in [0, 0.1) is 0 Å². The van der Waals surface area contributed by atoms with E-state index in [0.717, 1.165) is 23.7 Å². The van der Waals surface area contributed by atoms with Gasteiger partial charge in [-0.2, -0.15) is 5.10 Å². The molecule has 0 saturated heterocycles.